The zero-order valence-electron chi connectivity index (χ0n) is 17.9. The SMILES string of the molecule is CCC(C)CCC(CC(C)C)C(=O)N=C(N)c1ccc(C(F)(F)F)cc1C1CC1. The summed E-state index contributed by atoms with van der Waals surface area (Å²) in [7, 11) is 0. The quantitative estimate of drug-likeness (QED) is 0.383. The Bertz CT molecular complexity index is 736. The van der Waals surface area contributed by atoms with Crippen molar-refractivity contribution in [1.82, 2.24) is 0 Å². The summed E-state index contributed by atoms with van der Waals surface area (Å²) < 4.78 is 39.3. The minimum Gasteiger partial charge on any atom is -0.383 e. The molecular formula is C23H33F3N2O. The molecule has 29 heavy (non-hydrogen) atoms. The third-order valence-electron chi connectivity index (χ3n) is 5.71. The van der Waals surface area contributed by atoms with E-state index in [9.17, 15) is 18.0 Å². The maximum atomic E-state index is 13.1. The van der Waals surface area contributed by atoms with Gasteiger partial charge in [-0.25, -0.2) is 0 Å². The molecular weight excluding hydrogens is 377 g/mol. The van der Waals surface area contributed by atoms with Gasteiger partial charge in [0.2, 0.25) is 0 Å². The van der Waals surface area contributed by atoms with E-state index in [0.29, 0.717) is 23.0 Å². The second-order valence-corrected chi connectivity index (χ2v) is 8.83. The van der Waals surface area contributed by atoms with E-state index in [1.54, 1.807) is 0 Å². The Hall–Kier alpha value is -1.85. The van der Waals surface area contributed by atoms with Crippen molar-refractivity contribution in [3.8, 4) is 0 Å². The topological polar surface area (TPSA) is 55.5 Å². The Morgan fingerprint density at radius 3 is 2.38 bits per heavy atom. The highest BCUT2D eigenvalue weighted by Gasteiger charge is 2.34. The van der Waals surface area contributed by atoms with Crippen molar-refractivity contribution in [2.24, 2.45) is 28.5 Å². The van der Waals surface area contributed by atoms with Gasteiger partial charge in [0.25, 0.3) is 5.91 Å². The van der Waals surface area contributed by atoms with Gasteiger partial charge in [-0.3, -0.25) is 4.79 Å². The number of hydrogen-bond acceptors (Lipinski definition) is 1. The number of carbonyl (C=O) groups is 1. The summed E-state index contributed by atoms with van der Waals surface area (Å²) in [4.78, 5) is 17.0. The molecule has 0 saturated heterocycles. The van der Waals surface area contributed by atoms with Gasteiger partial charge in [0.15, 0.2) is 0 Å². The smallest absolute Gasteiger partial charge is 0.383 e. The van der Waals surface area contributed by atoms with Crippen molar-refractivity contribution in [1.29, 1.82) is 0 Å². The van der Waals surface area contributed by atoms with Gasteiger partial charge in [0.05, 0.1) is 5.56 Å². The van der Waals surface area contributed by atoms with Gasteiger partial charge >= 0.3 is 6.18 Å². The van der Waals surface area contributed by atoms with E-state index >= 15 is 0 Å². The van der Waals surface area contributed by atoms with E-state index in [1.807, 2.05) is 0 Å². The monoisotopic (exact) mass is 410 g/mol. The van der Waals surface area contributed by atoms with E-state index in [2.05, 4.69) is 32.7 Å². The molecule has 1 aromatic rings. The molecule has 0 spiro atoms. The summed E-state index contributed by atoms with van der Waals surface area (Å²) in [5.74, 6) is 0.513. The first-order chi connectivity index (χ1) is 13.5. The van der Waals surface area contributed by atoms with E-state index in [-0.39, 0.29) is 23.6 Å². The fourth-order valence-electron chi connectivity index (χ4n) is 3.58. The first-order valence-electron chi connectivity index (χ1n) is 10.6. The van der Waals surface area contributed by atoms with Crippen LogP contribution in [0.4, 0.5) is 13.2 Å². The fraction of sp³-hybridized carbons (Fsp3) is 0.652. The molecule has 1 amide bonds. The van der Waals surface area contributed by atoms with Crippen LogP contribution in [0.2, 0.25) is 0 Å². The molecule has 1 saturated carbocycles. The first kappa shape index (κ1) is 23.4. The van der Waals surface area contributed by atoms with Crippen LogP contribution in [0.5, 0.6) is 0 Å². The van der Waals surface area contributed by atoms with Gasteiger partial charge in [-0.2, -0.15) is 18.2 Å². The maximum absolute atomic E-state index is 13.1. The number of halogens is 3. The highest BCUT2D eigenvalue weighted by molar-refractivity contribution is 6.05. The van der Waals surface area contributed by atoms with E-state index in [4.69, 9.17) is 5.73 Å². The molecule has 0 bridgehead atoms. The molecule has 0 aromatic heterocycles. The maximum Gasteiger partial charge on any atom is 0.416 e. The van der Waals surface area contributed by atoms with Gasteiger partial charge in [0, 0.05) is 11.5 Å². The highest BCUT2D eigenvalue weighted by atomic mass is 19.4. The third-order valence-corrected chi connectivity index (χ3v) is 5.71. The molecule has 0 heterocycles. The molecule has 1 aliphatic carbocycles. The second kappa shape index (κ2) is 9.77. The Morgan fingerprint density at radius 2 is 1.86 bits per heavy atom. The lowest BCUT2D eigenvalue weighted by Gasteiger charge is -2.18. The Morgan fingerprint density at radius 1 is 1.21 bits per heavy atom. The standard InChI is InChI=1S/C23H33F3N2O/c1-5-15(4)6-7-17(12-14(2)3)22(29)28-21(27)19-11-10-18(23(24,25)26)13-20(19)16-8-9-16/h10-11,13-17H,5-9,12H2,1-4H3,(H2,27,28,29). The largest absolute Gasteiger partial charge is 0.416 e. The van der Waals surface area contributed by atoms with E-state index in [0.717, 1.165) is 50.7 Å². The number of benzene rings is 1. The molecule has 1 fully saturated rings. The predicted molar refractivity (Wildman–Crippen MR) is 111 cm³/mol. The molecule has 2 rings (SSSR count). The number of nitrogens with zero attached hydrogens (tertiary/aromatic N) is 1. The van der Waals surface area contributed by atoms with Crippen molar-refractivity contribution in [2.75, 3.05) is 0 Å². The average Bonchev–Trinajstić information content (AvgIpc) is 3.48. The van der Waals surface area contributed by atoms with E-state index in [1.165, 1.54) is 6.07 Å². The number of alkyl halides is 3. The lowest BCUT2D eigenvalue weighted by molar-refractivity contribution is -0.137. The number of hydrogen-bond donors (Lipinski definition) is 1. The summed E-state index contributed by atoms with van der Waals surface area (Å²) in [6.45, 7) is 8.43. The molecule has 1 aliphatic rings. The molecule has 0 radical (unpaired) electrons. The van der Waals surface area contributed by atoms with Crippen LogP contribution in [0.1, 0.15) is 88.8 Å². The van der Waals surface area contributed by atoms with Gasteiger partial charge in [-0.1, -0.05) is 40.2 Å². The van der Waals surface area contributed by atoms with Crippen molar-refractivity contribution >= 4 is 11.7 Å². The van der Waals surface area contributed by atoms with Crippen LogP contribution >= 0.6 is 0 Å². The van der Waals surface area contributed by atoms with Crippen molar-refractivity contribution in [3.05, 3.63) is 34.9 Å². The van der Waals surface area contributed by atoms with Crippen molar-refractivity contribution in [2.45, 2.75) is 78.3 Å². The van der Waals surface area contributed by atoms with Crippen LogP contribution in [0.25, 0.3) is 0 Å². The molecule has 3 nitrogen and oxygen atoms in total. The van der Waals surface area contributed by atoms with Crippen molar-refractivity contribution in [3.63, 3.8) is 0 Å². The van der Waals surface area contributed by atoms with Crippen LogP contribution in [0, 0.1) is 17.8 Å². The summed E-state index contributed by atoms with van der Waals surface area (Å²) in [5, 5.41) is 0. The first-order valence-corrected chi connectivity index (χ1v) is 10.6. The molecule has 0 aliphatic heterocycles. The van der Waals surface area contributed by atoms with E-state index < -0.39 is 11.7 Å². The van der Waals surface area contributed by atoms with Crippen LogP contribution in [-0.4, -0.2) is 11.7 Å². The van der Waals surface area contributed by atoms with Crippen LogP contribution in [0.15, 0.2) is 23.2 Å². The molecule has 2 N–H and O–H groups in total. The number of carbonyl (C=O) groups excluding carboxylic acids is 1. The Kier molecular flexibility index (Phi) is 7.89. The zero-order valence-corrected chi connectivity index (χ0v) is 17.9. The van der Waals surface area contributed by atoms with Crippen molar-refractivity contribution < 1.29 is 18.0 Å². The molecule has 1 aromatic carbocycles. The summed E-state index contributed by atoms with van der Waals surface area (Å²) in [6.07, 6.45) is 0.760. The third kappa shape index (κ3) is 6.86. The number of nitrogens with two attached hydrogens (primary N) is 1. The lowest BCUT2D eigenvalue weighted by atomic mass is 9.88. The predicted octanol–water partition coefficient (Wildman–Crippen LogP) is 6.30. The fourth-order valence-corrected chi connectivity index (χ4v) is 3.58. The molecule has 162 valence electrons. The summed E-state index contributed by atoms with van der Waals surface area (Å²) in [6, 6.07) is 3.54. The number of rotatable bonds is 9. The van der Waals surface area contributed by atoms with Gasteiger partial charge in [0.1, 0.15) is 5.84 Å². The van der Waals surface area contributed by atoms with Crippen LogP contribution in [0.3, 0.4) is 0 Å². The molecule has 2 unspecified atom stereocenters. The minimum atomic E-state index is -4.40. The summed E-state index contributed by atoms with van der Waals surface area (Å²) >= 11 is 0. The minimum absolute atomic E-state index is 0.0305. The van der Waals surface area contributed by atoms with Gasteiger partial charge in [-0.15, -0.1) is 0 Å². The zero-order chi connectivity index (χ0) is 21.8. The van der Waals surface area contributed by atoms with Crippen LogP contribution in [-0.2, 0) is 11.0 Å². The van der Waals surface area contributed by atoms with Crippen LogP contribution < -0.4 is 5.73 Å². The second-order valence-electron chi connectivity index (χ2n) is 8.83. The number of amidine groups is 1. The molecule has 6 heteroatoms. The Labute approximate surface area is 172 Å². The average molecular weight is 411 g/mol. The summed E-state index contributed by atoms with van der Waals surface area (Å²) in [5.41, 5.74) is 6.44. The molecule has 2 atom stereocenters. The number of aliphatic imine (C=N–C) groups is 1. The van der Waals surface area contributed by atoms with Gasteiger partial charge < -0.3 is 5.73 Å². The Balaban J connectivity index is 2.26. The lowest BCUT2D eigenvalue weighted by Crippen LogP contribution is -2.23. The van der Waals surface area contributed by atoms with Gasteiger partial charge in [-0.05, 0) is 67.6 Å². The highest BCUT2D eigenvalue weighted by Crippen LogP contribution is 2.43. The number of amides is 1. The normalized spacial score (nSPS) is 17.4.